The maximum atomic E-state index is 11.8. The maximum absolute atomic E-state index is 11.8. The van der Waals surface area contributed by atoms with Gasteiger partial charge in [0.25, 0.3) is 0 Å². The van der Waals surface area contributed by atoms with Gasteiger partial charge in [-0.15, -0.1) is 0 Å². The molecule has 0 heterocycles. The second-order valence-corrected chi connectivity index (χ2v) is 9.51. The van der Waals surface area contributed by atoms with E-state index in [1.165, 1.54) is 6.92 Å². The molecule has 4 heteroatoms. The van der Waals surface area contributed by atoms with Crippen LogP contribution in [0.3, 0.4) is 0 Å². The van der Waals surface area contributed by atoms with Crippen LogP contribution < -0.4 is 0 Å². The van der Waals surface area contributed by atoms with E-state index in [0.29, 0.717) is 12.3 Å². The standard InChI is InChI=1S/C22H36O4/c1-15-8-7-11-22(6,25)14-18(26-16(2)23)19-17(20(3,4)24)10-13-21(19,5)12-9-15/h7,9,11-12,15,17-19,24-25H,8,10,13-14H2,1-6H3. The van der Waals surface area contributed by atoms with Crippen LogP contribution in [0.15, 0.2) is 24.3 Å². The lowest BCUT2D eigenvalue weighted by atomic mass is 9.68. The molecule has 0 aliphatic heterocycles. The summed E-state index contributed by atoms with van der Waals surface area (Å²) < 4.78 is 5.75. The average Bonchev–Trinajstić information content (AvgIpc) is 2.80. The number of hydrogen-bond donors (Lipinski definition) is 2. The highest BCUT2D eigenvalue weighted by Gasteiger charge is 2.53. The molecule has 1 fully saturated rings. The minimum Gasteiger partial charge on any atom is -0.462 e. The molecular formula is C22H36O4. The van der Waals surface area contributed by atoms with Crippen LogP contribution >= 0.6 is 0 Å². The van der Waals surface area contributed by atoms with Crippen molar-refractivity contribution in [2.75, 3.05) is 0 Å². The highest BCUT2D eigenvalue weighted by Crippen LogP contribution is 2.55. The fourth-order valence-corrected chi connectivity index (χ4v) is 4.87. The molecule has 1 saturated carbocycles. The Hall–Kier alpha value is -1.13. The predicted molar refractivity (Wildman–Crippen MR) is 103 cm³/mol. The number of rotatable bonds is 2. The first kappa shape index (κ1) is 21.2. The molecular weight excluding hydrogens is 328 g/mol. The normalized spacial score (nSPS) is 41.4. The van der Waals surface area contributed by atoms with Crippen molar-refractivity contribution < 1.29 is 19.7 Å². The second kappa shape index (κ2) is 7.47. The summed E-state index contributed by atoms with van der Waals surface area (Å²) >= 11 is 0. The third-order valence-corrected chi connectivity index (χ3v) is 6.22. The van der Waals surface area contributed by atoms with Crippen LogP contribution in [0, 0.1) is 23.2 Å². The van der Waals surface area contributed by atoms with Crippen LogP contribution in [-0.2, 0) is 9.53 Å². The van der Waals surface area contributed by atoms with Crippen molar-refractivity contribution in [2.45, 2.75) is 84.5 Å². The molecule has 2 N–H and O–H groups in total. The van der Waals surface area contributed by atoms with Gasteiger partial charge in [0.2, 0.25) is 0 Å². The van der Waals surface area contributed by atoms with Gasteiger partial charge in [0.1, 0.15) is 6.10 Å². The van der Waals surface area contributed by atoms with Gasteiger partial charge in [-0.2, -0.15) is 0 Å². The summed E-state index contributed by atoms with van der Waals surface area (Å²) in [4.78, 5) is 11.8. The molecule has 26 heavy (non-hydrogen) atoms. The van der Waals surface area contributed by atoms with Gasteiger partial charge in [-0.3, -0.25) is 4.79 Å². The SMILES string of the molecule is CC(=O)OC1CC(C)(O)C=CCC(C)C=CC2(C)CCC(C(C)(C)O)C12. The van der Waals surface area contributed by atoms with E-state index in [2.05, 4.69) is 26.0 Å². The molecule has 0 aromatic rings. The minimum atomic E-state index is -1.06. The maximum Gasteiger partial charge on any atom is 0.302 e. The Labute approximate surface area is 158 Å². The summed E-state index contributed by atoms with van der Waals surface area (Å²) in [6.45, 7) is 11.2. The van der Waals surface area contributed by atoms with Crippen LogP contribution in [0.1, 0.15) is 67.2 Å². The molecule has 0 spiro atoms. The van der Waals surface area contributed by atoms with Gasteiger partial charge in [-0.05, 0) is 57.3 Å². The molecule has 2 aliphatic rings. The Morgan fingerprint density at radius 3 is 2.50 bits per heavy atom. The molecule has 4 nitrogen and oxygen atoms in total. The van der Waals surface area contributed by atoms with Crippen molar-refractivity contribution in [3.05, 3.63) is 24.3 Å². The summed E-state index contributed by atoms with van der Waals surface area (Å²) in [6, 6.07) is 0. The quantitative estimate of drug-likeness (QED) is 0.574. The lowest BCUT2D eigenvalue weighted by molar-refractivity contribution is -0.158. The summed E-state index contributed by atoms with van der Waals surface area (Å²) in [7, 11) is 0. The Morgan fingerprint density at radius 1 is 1.27 bits per heavy atom. The molecule has 2 rings (SSSR count). The molecule has 148 valence electrons. The van der Waals surface area contributed by atoms with Crippen molar-refractivity contribution in [3.63, 3.8) is 0 Å². The van der Waals surface area contributed by atoms with E-state index >= 15 is 0 Å². The van der Waals surface area contributed by atoms with Crippen molar-refractivity contribution in [3.8, 4) is 0 Å². The molecule has 0 bridgehead atoms. The van der Waals surface area contributed by atoms with Gasteiger partial charge < -0.3 is 14.9 Å². The first-order valence-electron chi connectivity index (χ1n) is 9.83. The van der Waals surface area contributed by atoms with Crippen molar-refractivity contribution >= 4 is 5.97 Å². The number of fused-ring (bicyclic) bond motifs is 1. The van der Waals surface area contributed by atoms with Crippen LogP contribution in [0.5, 0.6) is 0 Å². The van der Waals surface area contributed by atoms with Gasteiger partial charge in [0.05, 0.1) is 11.2 Å². The fourth-order valence-electron chi connectivity index (χ4n) is 4.87. The summed E-state index contributed by atoms with van der Waals surface area (Å²) in [6.07, 6.45) is 10.9. The molecule has 0 radical (unpaired) electrons. The van der Waals surface area contributed by atoms with Gasteiger partial charge in [-0.1, -0.05) is 38.2 Å². The number of ether oxygens (including phenoxy) is 1. The van der Waals surface area contributed by atoms with E-state index in [9.17, 15) is 15.0 Å². The zero-order valence-electron chi connectivity index (χ0n) is 17.2. The third-order valence-electron chi connectivity index (χ3n) is 6.22. The van der Waals surface area contributed by atoms with E-state index in [1.807, 2.05) is 26.0 Å². The monoisotopic (exact) mass is 364 g/mol. The van der Waals surface area contributed by atoms with Gasteiger partial charge in [0, 0.05) is 19.3 Å². The largest absolute Gasteiger partial charge is 0.462 e. The topological polar surface area (TPSA) is 66.8 Å². The minimum absolute atomic E-state index is 0.00246. The van der Waals surface area contributed by atoms with Crippen LogP contribution in [0.2, 0.25) is 0 Å². The van der Waals surface area contributed by atoms with Crippen LogP contribution in [0.4, 0.5) is 0 Å². The lowest BCUT2D eigenvalue weighted by Crippen LogP contribution is -2.47. The first-order valence-corrected chi connectivity index (χ1v) is 9.83. The average molecular weight is 365 g/mol. The molecule has 6 unspecified atom stereocenters. The zero-order chi connectivity index (χ0) is 19.8. The highest BCUT2D eigenvalue weighted by molar-refractivity contribution is 5.66. The van der Waals surface area contributed by atoms with Crippen LogP contribution in [-0.4, -0.2) is 33.5 Å². The first-order chi connectivity index (χ1) is 11.8. The number of carbonyl (C=O) groups excluding carboxylic acids is 1. The Kier molecular flexibility index (Phi) is 6.09. The van der Waals surface area contributed by atoms with E-state index in [1.54, 1.807) is 6.92 Å². The number of esters is 1. The molecule has 0 amide bonds. The van der Waals surface area contributed by atoms with Gasteiger partial charge >= 0.3 is 5.97 Å². The highest BCUT2D eigenvalue weighted by atomic mass is 16.5. The van der Waals surface area contributed by atoms with E-state index in [0.717, 1.165) is 19.3 Å². The fraction of sp³-hybridized carbons (Fsp3) is 0.773. The smallest absolute Gasteiger partial charge is 0.302 e. The Bertz CT molecular complexity index is 569. The third kappa shape index (κ3) is 4.98. The van der Waals surface area contributed by atoms with Crippen molar-refractivity contribution in [2.24, 2.45) is 23.2 Å². The molecule has 6 atom stereocenters. The van der Waals surface area contributed by atoms with E-state index < -0.39 is 17.3 Å². The number of hydrogen-bond acceptors (Lipinski definition) is 4. The molecule has 0 aromatic carbocycles. The molecule has 2 aliphatic carbocycles. The van der Waals surface area contributed by atoms with Gasteiger partial charge in [-0.25, -0.2) is 0 Å². The molecule has 0 aromatic heterocycles. The lowest BCUT2D eigenvalue weighted by Gasteiger charge is -2.42. The number of carbonyl (C=O) groups is 1. The number of aliphatic hydroxyl groups is 2. The van der Waals surface area contributed by atoms with Gasteiger partial charge in [0.15, 0.2) is 0 Å². The van der Waals surface area contributed by atoms with Crippen molar-refractivity contribution in [1.82, 2.24) is 0 Å². The van der Waals surface area contributed by atoms with Crippen LogP contribution in [0.25, 0.3) is 0 Å². The van der Waals surface area contributed by atoms with E-state index in [4.69, 9.17) is 4.74 Å². The summed E-state index contributed by atoms with van der Waals surface area (Å²) in [5.41, 5.74) is -2.11. The van der Waals surface area contributed by atoms with Crippen molar-refractivity contribution in [1.29, 1.82) is 0 Å². The summed E-state index contributed by atoms with van der Waals surface area (Å²) in [5.74, 6) is -0.0260. The summed E-state index contributed by atoms with van der Waals surface area (Å²) in [5, 5.41) is 21.7. The second-order valence-electron chi connectivity index (χ2n) is 9.51. The Morgan fingerprint density at radius 2 is 1.92 bits per heavy atom. The predicted octanol–water partition coefficient (Wildman–Crippen LogP) is 4.01. The Balaban J connectivity index is 2.54. The zero-order valence-corrected chi connectivity index (χ0v) is 17.2. The van der Waals surface area contributed by atoms with E-state index in [-0.39, 0.29) is 23.2 Å². The number of allylic oxidation sites excluding steroid dienone is 3. The molecule has 0 saturated heterocycles.